The number of hydrogen-bond donors (Lipinski definition) is 3. The summed E-state index contributed by atoms with van der Waals surface area (Å²) >= 11 is 0. The third kappa shape index (κ3) is 31.1. The van der Waals surface area contributed by atoms with Crippen LogP contribution in [0.3, 0.4) is 0 Å². The van der Waals surface area contributed by atoms with Crippen molar-refractivity contribution in [1.29, 1.82) is 0 Å². The van der Waals surface area contributed by atoms with Gasteiger partial charge in [-0.2, -0.15) is 0 Å². The number of carbonyl (C=O) groups is 3. The maximum atomic E-state index is 9.76. The average molecular weight is 375 g/mol. The molecule has 3 N–H and O–H groups in total. The van der Waals surface area contributed by atoms with E-state index in [-0.39, 0.29) is 88.7 Å². The molecule has 0 aromatic carbocycles. The minimum atomic E-state index is -1.07. The van der Waals surface area contributed by atoms with Crippen LogP contribution in [-0.4, -0.2) is 57.2 Å². The summed E-state index contributed by atoms with van der Waals surface area (Å²) in [5, 5.41) is 36.8. The second kappa shape index (κ2) is 26.5. The van der Waals surface area contributed by atoms with E-state index in [2.05, 4.69) is 16.0 Å². The summed E-state index contributed by atoms with van der Waals surface area (Å²) in [6.45, 7) is 4.57. The Hall–Kier alpha value is 1.29. The molecule has 0 spiro atoms. The van der Waals surface area contributed by atoms with Crippen molar-refractivity contribution in [2.24, 2.45) is 0 Å². The molecule has 0 rings (SSSR count). The molecule has 0 unspecified atom stereocenters. The Labute approximate surface area is 210 Å². The van der Waals surface area contributed by atoms with Crippen LogP contribution in [0.2, 0.25) is 0 Å². The zero-order valence-corrected chi connectivity index (χ0v) is 22.2. The zero-order chi connectivity index (χ0) is 17.6. The van der Waals surface area contributed by atoms with E-state index in [9.17, 15) is 29.7 Å². The Morgan fingerprint density at radius 1 is 0.583 bits per heavy atom. The standard InChI is InChI=1S/3C4H9NO2.3Na/c3*1-3(5-2)4(6)7;;;/h3*3,5H,1-2H3,(H,6,7);;;/q;;;3*+1/p-3/t3*3-;;;/m000.../s1. The van der Waals surface area contributed by atoms with E-state index < -0.39 is 36.0 Å². The monoisotopic (exact) mass is 375 g/mol. The first-order valence-corrected chi connectivity index (χ1v) is 6.19. The van der Waals surface area contributed by atoms with Crippen molar-refractivity contribution in [2.45, 2.75) is 38.9 Å². The van der Waals surface area contributed by atoms with Crippen LogP contribution in [0, 0.1) is 0 Å². The molecule has 0 aliphatic rings. The maximum Gasteiger partial charge on any atom is 1.00 e. The largest absolute Gasteiger partial charge is 1.00 e. The second-order valence-electron chi connectivity index (χ2n) is 3.99. The summed E-state index contributed by atoms with van der Waals surface area (Å²) in [4.78, 5) is 29.3. The number of hydrogen-bond acceptors (Lipinski definition) is 9. The van der Waals surface area contributed by atoms with Crippen molar-refractivity contribution in [3.8, 4) is 0 Å². The van der Waals surface area contributed by atoms with Crippen LogP contribution in [0.25, 0.3) is 0 Å². The van der Waals surface area contributed by atoms with Gasteiger partial charge in [-0.3, -0.25) is 0 Å². The molecule has 0 aromatic rings. The fourth-order valence-electron chi connectivity index (χ4n) is 0.354. The van der Waals surface area contributed by atoms with E-state index >= 15 is 0 Å². The summed E-state index contributed by atoms with van der Waals surface area (Å²) in [7, 11) is 4.71. The molecule has 126 valence electrons. The number of carboxylic acids is 3. The number of carbonyl (C=O) groups excluding carboxylic acids is 3. The van der Waals surface area contributed by atoms with E-state index in [0.29, 0.717) is 0 Å². The molecular weight excluding hydrogens is 351 g/mol. The quantitative estimate of drug-likeness (QED) is 0.384. The molecular formula is C12H24N3Na3O6. The summed E-state index contributed by atoms with van der Waals surface area (Å²) in [5.41, 5.74) is 0. The molecule has 0 radical (unpaired) electrons. The van der Waals surface area contributed by atoms with Crippen LogP contribution in [0.1, 0.15) is 20.8 Å². The maximum absolute atomic E-state index is 9.76. The third-order valence-electron chi connectivity index (χ3n) is 2.36. The molecule has 0 fully saturated rings. The van der Waals surface area contributed by atoms with Gasteiger partial charge >= 0.3 is 88.7 Å². The fourth-order valence-corrected chi connectivity index (χ4v) is 0.354. The topological polar surface area (TPSA) is 156 Å². The van der Waals surface area contributed by atoms with Crippen molar-refractivity contribution >= 4 is 17.9 Å². The van der Waals surface area contributed by atoms with Crippen LogP contribution in [-0.2, 0) is 14.4 Å². The van der Waals surface area contributed by atoms with Gasteiger partial charge in [-0.05, 0) is 41.9 Å². The van der Waals surface area contributed by atoms with Gasteiger partial charge in [0.2, 0.25) is 0 Å². The Bertz CT molecular complexity index is 277. The molecule has 24 heavy (non-hydrogen) atoms. The van der Waals surface area contributed by atoms with Gasteiger partial charge in [0.15, 0.2) is 0 Å². The van der Waals surface area contributed by atoms with Crippen molar-refractivity contribution < 1.29 is 118 Å². The van der Waals surface area contributed by atoms with E-state index in [0.717, 1.165) is 0 Å². The predicted octanol–water partition coefficient (Wildman–Crippen LogP) is -14.0. The molecule has 0 saturated heterocycles. The van der Waals surface area contributed by atoms with Crippen LogP contribution >= 0.6 is 0 Å². The smallest absolute Gasteiger partial charge is 0.548 e. The van der Waals surface area contributed by atoms with E-state index in [4.69, 9.17) is 0 Å². The molecule has 9 nitrogen and oxygen atoms in total. The third-order valence-corrected chi connectivity index (χ3v) is 2.36. The number of likely N-dealkylation sites (N-methyl/N-ethyl adjacent to an activating group) is 3. The number of nitrogens with one attached hydrogen (secondary N) is 3. The van der Waals surface area contributed by atoms with Gasteiger partial charge in [0.05, 0.1) is 17.9 Å². The van der Waals surface area contributed by atoms with E-state index in [1.54, 1.807) is 21.1 Å². The Morgan fingerprint density at radius 2 is 0.708 bits per heavy atom. The van der Waals surface area contributed by atoms with Gasteiger partial charge in [-0.1, -0.05) is 0 Å². The van der Waals surface area contributed by atoms with Gasteiger partial charge in [-0.15, -0.1) is 0 Å². The van der Waals surface area contributed by atoms with E-state index in [1.165, 1.54) is 20.8 Å². The number of carboxylic acid groups (broad SMARTS) is 3. The van der Waals surface area contributed by atoms with Gasteiger partial charge in [0, 0.05) is 18.1 Å². The predicted molar refractivity (Wildman–Crippen MR) is 70.6 cm³/mol. The van der Waals surface area contributed by atoms with Crippen LogP contribution in [0.15, 0.2) is 0 Å². The molecule has 0 aromatic heterocycles. The molecule has 12 heteroatoms. The molecule has 0 heterocycles. The first-order chi connectivity index (χ1) is 9.54. The van der Waals surface area contributed by atoms with Crippen molar-refractivity contribution in [1.82, 2.24) is 16.0 Å². The molecule has 0 amide bonds. The van der Waals surface area contributed by atoms with Gasteiger partial charge in [0.1, 0.15) is 0 Å². The molecule has 0 aliphatic heterocycles. The summed E-state index contributed by atoms with van der Waals surface area (Å²) in [6, 6.07) is -1.63. The van der Waals surface area contributed by atoms with Crippen molar-refractivity contribution in [3.05, 3.63) is 0 Å². The second-order valence-corrected chi connectivity index (χ2v) is 3.99. The van der Waals surface area contributed by atoms with Crippen LogP contribution in [0.4, 0.5) is 0 Å². The molecule has 3 atom stereocenters. The van der Waals surface area contributed by atoms with Gasteiger partial charge < -0.3 is 45.7 Å². The number of rotatable bonds is 6. The molecule has 0 bridgehead atoms. The van der Waals surface area contributed by atoms with Crippen LogP contribution < -0.4 is 120 Å². The van der Waals surface area contributed by atoms with Crippen molar-refractivity contribution in [3.63, 3.8) is 0 Å². The Balaban J connectivity index is -0.0000000476. The van der Waals surface area contributed by atoms with Crippen molar-refractivity contribution in [2.75, 3.05) is 21.1 Å². The average Bonchev–Trinajstić information content (AvgIpc) is 2.45. The molecule has 0 saturated carbocycles. The van der Waals surface area contributed by atoms with Gasteiger partial charge in [0.25, 0.3) is 0 Å². The Kier molecular flexibility index (Phi) is 44.3. The minimum absolute atomic E-state index is 0. The zero-order valence-electron chi connectivity index (χ0n) is 16.2. The SMILES string of the molecule is CN[C@@H](C)C(=O)[O-].CN[C@@H](C)C(=O)[O-].CN[C@@H](C)C(=O)[O-].[Na+].[Na+].[Na+]. The number of aliphatic carboxylic acids is 3. The summed E-state index contributed by atoms with van der Waals surface area (Å²) < 4.78 is 0. The van der Waals surface area contributed by atoms with Gasteiger partial charge in [-0.25, -0.2) is 0 Å². The van der Waals surface area contributed by atoms with E-state index in [1.807, 2.05) is 0 Å². The Morgan fingerprint density at radius 3 is 0.708 bits per heavy atom. The summed E-state index contributed by atoms with van der Waals surface area (Å²) in [6.07, 6.45) is 0. The normalized spacial score (nSPS) is 11.8. The molecule has 0 aliphatic carbocycles. The first-order valence-electron chi connectivity index (χ1n) is 6.19. The van der Waals surface area contributed by atoms with Crippen LogP contribution in [0.5, 0.6) is 0 Å². The summed E-state index contributed by atoms with van der Waals surface area (Å²) in [5.74, 6) is -3.20. The first kappa shape index (κ1) is 40.1. The minimum Gasteiger partial charge on any atom is -0.548 e. The fraction of sp³-hybridized carbons (Fsp3) is 0.750.